The molecule has 0 heterocycles. The van der Waals surface area contributed by atoms with Crippen LogP contribution in [0.3, 0.4) is 0 Å². The molecule has 0 saturated heterocycles. The molecule has 1 aliphatic carbocycles. The number of nitrogens with two attached hydrogens (primary N) is 1. The summed E-state index contributed by atoms with van der Waals surface area (Å²) in [5, 5.41) is 13.9. The number of halogens is 1. The Kier molecular flexibility index (Phi) is 7.02. The molecule has 1 aliphatic rings. The largest absolute Gasteiger partial charge is 0.350 e. The van der Waals surface area contributed by atoms with E-state index in [1.165, 1.54) is 23.9 Å². The van der Waals surface area contributed by atoms with Gasteiger partial charge in [-0.1, -0.05) is 30.0 Å². The topological polar surface area (TPSA) is 98.3 Å². The van der Waals surface area contributed by atoms with Crippen molar-refractivity contribution in [2.45, 2.75) is 28.7 Å². The third-order valence-electron chi connectivity index (χ3n) is 4.12. The maximum atomic E-state index is 12.6. The van der Waals surface area contributed by atoms with Gasteiger partial charge in [0, 0.05) is 34.5 Å². The first kappa shape index (κ1) is 20.2. The predicted molar refractivity (Wildman–Crippen MR) is 104 cm³/mol. The van der Waals surface area contributed by atoms with Gasteiger partial charge in [-0.05, 0) is 37.0 Å². The molecule has 1 unspecified atom stereocenters. The average molecular weight is 394 g/mol. The molecular formula is C18H20ClN3O3S. The third kappa shape index (κ3) is 5.20. The average Bonchev–Trinajstić information content (AvgIpc) is 3.45. The van der Waals surface area contributed by atoms with Crippen molar-refractivity contribution in [1.29, 1.82) is 0 Å². The molecule has 0 aromatic heterocycles. The number of nitrogens with zero attached hydrogens (tertiary/aromatic N) is 1. The highest BCUT2D eigenvalue weighted by Crippen LogP contribution is 2.33. The number of nitro groups is 1. The van der Waals surface area contributed by atoms with Crippen LogP contribution in [-0.4, -0.2) is 23.4 Å². The maximum Gasteiger partial charge on any atom is 0.270 e. The zero-order valence-corrected chi connectivity index (χ0v) is 15.6. The summed E-state index contributed by atoms with van der Waals surface area (Å²) in [6.45, 7) is 0.377. The number of nitrogens with one attached hydrogen (secondary N) is 1. The molecule has 2 aromatic carbocycles. The second kappa shape index (κ2) is 9.02. The minimum absolute atomic E-state index is 0. The molecule has 1 fully saturated rings. The summed E-state index contributed by atoms with van der Waals surface area (Å²) >= 11 is 1.40. The summed E-state index contributed by atoms with van der Waals surface area (Å²) < 4.78 is 0. The van der Waals surface area contributed by atoms with Gasteiger partial charge in [-0.3, -0.25) is 14.9 Å². The second-order valence-electron chi connectivity index (χ2n) is 6.06. The van der Waals surface area contributed by atoms with E-state index in [0.717, 1.165) is 17.7 Å². The van der Waals surface area contributed by atoms with Gasteiger partial charge in [-0.25, -0.2) is 0 Å². The highest BCUT2D eigenvalue weighted by Gasteiger charge is 2.29. The molecule has 3 rings (SSSR count). The lowest BCUT2D eigenvalue weighted by molar-refractivity contribution is -0.384. The minimum atomic E-state index is -0.496. The molecule has 0 bridgehead atoms. The molecule has 1 amide bonds. The first-order valence-corrected chi connectivity index (χ1v) is 8.91. The van der Waals surface area contributed by atoms with Gasteiger partial charge in [0.2, 0.25) is 0 Å². The number of benzene rings is 2. The second-order valence-corrected chi connectivity index (χ2v) is 7.18. The van der Waals surface area contributed by atoms with Crippen molar-refractivity contribution < 1.29 is 9.72 Å². The normalized spacial score (nSPS) is 14.2. The molecule has 2 aromatic rings. The summed E-state index contributed by atoms with van der Waals surface area (Å²) in [7, 11) is 0. The van der Waals surface area contributed by atoms with E-state index >= 15 is 0 Å². The summed E-state index contributed by atoms with van der Waals surface area (Å²) in [5.41, 5.74) is 6.21. The lowest BCUT2D eigenvalue weighted by Crippen LogP contribution is -2.38. The van der Waals surface area contributed by atoms with E-state index in [9.17, 15) is 14.9 Å². The molecule has 0 spiro atoms. The smallest absolute Gasteiger partial charge is 0.270 e. The molecular weight excluding hydrogens is 374 g/mol. The zero-order valence-electron chi connectivity index (χ0n) is 14.0. The van der Waals surface area contributed by atoms with E-state index in [2.05, 4.69) is 5.32 Å². The van der Waals surface area contributed by atoms with Gasteiger partial charge in [-0.15, -0.1) is 12.4 Å². The Morgan fingerprint density at radius 1 is 1.27 bits per heavy atom. The van der Waals surface area contributed by atoms with Crippen molar-refractivity contribution in [3.05, 3.63) is 64.2 Å². The van der Waals surface area contributed by atoms with Gasteiger partial charge in [0.1, 0.15) is 0 Å². The maximum absolute atomic E-state index is 12.6. The summed E-state index contributed by atoms with van der Waals surface area (Å²) in [5.74, 6) is 0.141. The van der Waals surface area contributed by atoms with Gasteiger partial charge in [0.25, 0.3) is 11.6 Å². The van der Waals surface area contributed by atoms with Crippen LogP contribution in [0.4, 0.5) is 5.69 Å². The molecule has 1 saturated carbocycles. The van der Waals surface area contributed by atoms with Crippen LogP contribution in [0.15, 0.2) is 58.3 Å². The fourth-order valence-corrected chi connectivity index (χ4v) is 3.46. The molecule has 0 radical (unpaired) electrons. The monoisotopic (exact) mass is 393 g/mol. The van der Waals surface area contributed by atoms with E-state index in [-0.39, 0.29) is 30.0 Å². The van der Waals surface area contributed by atoms with Crippen LogP contribution >= 0.6 is 24.2 Å². The van der Waals surface area contributed by atoms with Crippen LogP contribution < -0.4 is 11.1 Å². The van der Waals surface area contributed by atoms with E-state index in [4.69, 9.17) is 5.73 Å². The van der Waals surface area contributed by atoms with Crippen LogP contribution in [-0.2, 0) is 0 Å². The van der Waals surface area contributed by atoms with Crippen LogP contribution in [0.5, 0.6) is 0 Å². The van der Waals surface area contributed by atoms with Gasteiger partial charge in [-0.2, -0.15) is 0 Å². The van der Waals surface area contributed by atoms with Crippen molar-refractivity contribution in [1.82, 2.24) is 5.32 Å². The molecule has 1 atom stereocenters. The van der Waals surface area contributed by atoms with Crippen LogP contribution in [0, 0.1) is 16.0 Å². The number of carbonyl (C=O) groups excluding carboxylic acids is 1. The zero-order chi connectivity index (χ0) is 17.8. The fraction of sp³-hybridized carbons (Fsp3) is 0.278. The van der Waals surface area contributed by atoms with E-state index in [1.807, 2.05) is 30.3 Å². The van der Waals surface area contributed by atoms with Crippen LogP contribution in [0.2, 0.25) is 0 Å². The Morgan fingerprint density at radius 2 is 1.96 bits per heavy atom. The highest BCUT2D eigenvalue weighted by atomic mass is 35.5. The van der Waals surface area contributed by atoms with Crippen molar-refractivity contribution in [3.8, 4) is 0 Å². The number of carbonyl (C=O) groups is 1. The lowest BCUT2D eigenvalue weighted by atomic mass is 10.1. The summed E-state index contributed by atoms with van der Waals surface area (Å²) in [6.07, 6.45) is 2.20. The number of amides is 1. The Hall–Kier alpha value is -2.09. The van der Waals surface area contributed by atoms with E-state index in [0.29, 0.717) is 22.9 Å². The van der Waals surface area contributed by atoms with E-state index in [1.54, 1.807) is 6.07 Å². The van der Waals surface area contributed by atoms with Crippen molar-refractivity contribution in [2.24, 2.45) is 11.7 Å². The number of nitro benzene ring substituents is 1. The third-order valence-corrected chi connectivity index (χ3v) is 5.20. The Labute approximate surface area is 162 Å². The molecule has 6 nitrogen and oxygen atoms in total. The van der Waals surface area contributed by atoms with Crippen molar-refractivity contribution in [3.63, 3.8) is 0 Å². The number of rotatable bonds is 7. The number of hydrogen-bond donors (Lipinski definition) is 2. The molecule has 0 aliphatic heterocycles. The SMILES string of the molecule is Cl.NC(CNC(=O)c1cc([N+](=O)[O-])ccc1Sc1ccccc1)C1CC1. The van der Waals surface area contributed by atoms with Gasteiger partial charge in [0.15, 0.2) is 0 Å². The molecule has 138 valence electrons. The Balaban J connectivity index is 0.00000243. The van der Waals surface area contributed by atoms with Crippen molar-refractivity contribution >= 4 is 35.8 Å². The van der Waals surface area contributed by atoms with Crippen LogP contribution in [0.25, 0.3) is 0 Å². The van der Waals surface area contributed by atoms with Crippen LogP contribution in [0.1, 0.15) is 23.2 Å². The van der Waals surface area contributed by atoms with Gasteiger partial charge in [0.05, 0.1) is 10.5 Å². The number of hydrogen-bond acceptors (Lipinski definition) is 5. The van der Waals surface area contributed by atoms with E-state index < -0.39 is 4.92 Å². The summed E-state index contributed by atoms with van der Waals surface area (Å²) in [6, 6.07) is 13.9. The fourth-order valence-electron chi connectivity index (χ4n) is 2.51. The Morgan fingerprint density at radius 3 is 2.58 bits per heavy atom. The standard InChI is InChI=1S/C18H19N3O3S.ClH/c19-16(12-6-7-12)11-20-18(22)15-10-13(21(23)24)8-9-17(15)25-14-4-2-1-3-5-14;/h1-5,8-10,12,16H,6-7,11,19H2,(H,20,22);1H. The quantitative estimate of drug-likeness (QED) is 0.552. The first-order chi connectivity index (χ1) is 12.0. The molecule has 3 N–H and O–H groups in total. The minimum Gasteiger partial charge on any atom is -0.350 e. The lowest BCUT2D eigenvalue weighted by Gasteiger charge is -2.13. The van der Waals surface area contributed by atoms with Crippen molar-refractivity contribution in [2.75, 3.05) is 6.54 Å². The predicted octanol–water partition coefficient (Wildman–Crippen LogP) is 3.63. The first-order valence-electron chi connectivity index (χ1n) is 8.09. The van der Waals surface area contributed by atoms with Gasteiger partial charge >= 0.3 is 0 Å². The summed E-state index contributed by atoms with van der Waals surface area (Å²) in [4.78, 5) is 24.8. The Bertz CT molecular complexity index is 785. The highest BCUT2D eigenvalue weighted by molar-refractivity contribution is 7.99. The molecule has 26 heavy (non-hydrogen) atoms. The van der Waals surface area contributed by atoms with Gasteiger partial charge < -0.3 is 11.1 Å². The molecule has 8 heteroatoms. The number of non-ortho nitro benzene ring substituents is 1.